The van der Waals surface area contributed by atoms with Crippen LogP contribution in [-0.2, 0) is 0 Å². The molecule has 1 N–H and O–H groups in total. The van der Waals surface area contributed by atoms with Crippen LogP contribution >= 0.6 is 0 Å². The second kappa shape index (κ2) is 5.02. The van der Waals surface area contributed by atoms with E-state index in [1.165, 1.54) is 5.57 Å². The molecule has 0 aromatic rings. The van der Waals surface area contributed by atoms with E-state index in [1.54, 1.807) is 0 Å². The maximum atomic E-state index is 3.97. The zero-order chi connectivity index (χ0) is 9.72. The van der Waals surface area contributed by atoms with E-state index in [-0.39, 0.29) is 0 Å². The molecule has 0 rings (SSSR count). The summed E-state index contributed by atoms with van der Waals surface area (Å²) in [6.45, 7) is 16.4. The van der Waals surface area contributed by atoms with E-state index in [0.29, 0.717) is 12.0 Å². The summed E-state index contributed by atoms with van der Waals surface area (Å²) in [6, 6.07) is 0.389. The maximum Gasteiger partial charge on any atom is 0.0462 e. The largest absolute Gasteiger partial charge is 0.382 e. The molecule has 0 amide bonds. The van der Waals surface area contributed by atoms with E-state index in [1.807, 2.05) is 0 Å². The summed E-state index contributed by atoms with van der Waals surface area (Å²) in [4.78, 5) is 0. The lowest BCUT2D eigenvalue weighted by molar-refractivity contribution is 0.565. The summed E-state index contributed by atoms with van der Waals surface area (Å²) >= 11 is 0. The molecular weight excluding hydrogens is 146 g/mol. The van der Waals surface area contributed by atoms with Crippen LogP contribution in [0.15, 0.2) is 24.4 Å². The first-order valence-electron chi connectivity index (χ1n) is 4.59. The molecule has 0 saturated carbocycles. The van der Waals surface area contributed by atoms with E-state index in [9.17, 15) is 0 Å². The first kappa shape index (κ1) is 11.3. The van der Waals surface area contributed by atoms with Gasteiger partial charge in [0.15, 0.2) is 0 Å². The number of hydrogen-bond donors (Lipinski definition) is 1. The van der Waals surface area contributed by atoms with Gasteiger partial charge in [-0.25, -0.2) is 0 Å². The van der Waals surface area contributed by atoms with Crippen LogP contribution in [0.25, 0.3) is 0 Å². The van der Waals surface area contributed by atoms with Crippen molar-refractivity contribution in [1.29, 1.82) is 0 Å². The number of nitrogens with one attached hydrogen (secondary N) is 1. The molecule has 1 heteroatoms. The van der Waals surface area contributed by atoms with E-state index in [4.69, 9.17) is 0 Å². The fourth-order valence-corrected chi connectivity index (χ4v) is 0.964. The highest BCUT2D eigenvalue weighted by atomic mass is 14.9. The fourth-order valence-electron chi connectivity index (χ4n) is 0.964. The minimum atomic E-state index is 0.389. The Kier molecular flexibility index (Phi) is 4.72. The molecule has 0 radical (unpaired) electrons. The molecule has 1 atom stereocenters. The summed E-state index contributed by atoms with van der Waals surface area (Å²) in [5.41, 5.74) is 2.28. The molecule has 0 aliphatic carbocycles. The summed E-state index contributed by atoms with van der Waals surface area (Å²) in [7, 11) is 0. The Labute approximate surface area is 76.6 Å². The van der Waals surface area contributed by atoms with Crippen LogP contribution in [-0.4, -0.2) is 6.04 Å². The van der Waals surface area contributed by atoms with Gasteiger partial charge in [0, 0.05) is 11.7 Å². The summed E-state index contributed by atoms with van der Waals surface area (Å²) < 4.78 is 0. The predicted octanol–water partition coefficient (Wildman–Crippen LogP) is 3.10. The van der Waals surface area contributed by atoms with Gasteiger partial charge in [-0.05, 0) is 19.3 Å². The van der Waals surface area contributed by atoms with Crippen molar-refractivity contribution >= 4 is 0 Å². The standard InChI is InChI=1S/C11H21N/c1-7-11(9(4)5)12-10(6)8(2)3/h8,11-12H,4,6-7H2,1-3,5H3. The lowest BCUT2D eigenvalue weighted by Gasteiger charge is -2.21. The van der Waals surface area contributed by atoms with Gasteiger partial charge < -0.3 is 5.32 Å². The van der Waals surface area contributed by atoms with Gasteiger partial charge >= 0.3 is 0 Å². The predicted molar refractivity (Wildman–Crippen MR) is 56.0 cm³/mol. The Bertz CT molecular complexity index is 168. The van der Waals surface area contributed by atoms with Gasteiger partial charge in [-0.3, -0.25) is 0 Å². The average Bonchev–Trinajstić information content (AvgIpc) is 1.98. The molecule has 0 fully saturated rings. The van der Waals surface area contributed by atoms with E-state index < -0.39 is 0 Å². The first-order chi connectivity index (χ1) is 5.49. The third-order valence-corrected chi connectivity index (χ3v) is 2.06. The van der Waals surface area contributed by atoms with Crippen LogP contribution in [0.1, 0.15) is 34.1 Å². The third kappa shape index (κ3) is 3.61. The molecule has 12 heavy (non-hydrogen) atoms. The zero-order valence-corrected chi connectivity index (χ0v) is 8.78. The van der Waals surface area contributed by atoms with Crippen LogP contribution in [0.2, 0.25) is 0 Å². The molecule has 0 aliphatic rings. The van der Waals surface area contributed by atoms with Crippen molar-refractivity contribution in [1.82, 2.24) is 5.32 Å². The lowest BCUT2D eigenvalue weighted by Crippen LogP contribution is -2.29. The first-order valence-corrected chi connectivity index (χ1v) is 4.59. The molecule has 0 aliphatic heterocycles. The molecule has 1 unspecified atom stereocenters. The SMILES string of the molecule is C=C(NC(CC)C(=C)C)C(C)C. The normalized spacial score (nSPS) is 12.8. The Morgan fingerprint density at radius 3 is 2.08 bits per heavy atom. The van der Waals surface area contributed by atoms with Crippen molar-refractivity contribution in [3.8, 4) is 0 Å². The van der Waals surface area contributed by atoms with Gasteiger partial charge in [0.05, 0.1) is 0 Å². The van der Waals surface area contributed by atoms with Crippen LogP contribution in [0.3, 0.4) is 0 Å². The smallest absolute Gasteiger partial charge is 0.0462 e. The molecule has 1 nitrogen and oxygen atoms in total. The molecule has 0 spiro atoms. The van der Waals surface area contributed by atoms with Gasteiger partial charge in [0.25, 0.3) is 0 Å². The Morgan fingerprint density at radius 2 is 1.83 bits per heavy atom. The second-order valence-electron chi connectivity index (χ2n) is 3.63. The summed E-state index contributed by atoms with van der Waals surface area (Å²) in [6.07, 6.45) is 1.07. The van der Waals surface area contributed by atoms with Crippen LogP contribution in [0.4, 0.5) is 0 Å². The number of allylic oxidation sites excluding steroid dienone is 1. The third-order valence-electron chi connectivity index (χ3n) is 2.06. The highest BCUT2D eigenvalue weighted by Crippen LogP contribution is 2.09. The van der Waals surface area contributed by atoms with Crippen LogP contribution < -0.4 is 5.32 Å². The molecule has 0 heterocycles. The highest BCUT2D eigenvalue weighted by molar-refractivity contribution is 5.07. The van der Waals surface area contributed by atoms with E-state index in [0.717, 1.165) is 12.1 Å². The van der Waals surface area contributed by atoms with Crippen LogP contribution in [0, 0.1) is 5.92 Å². The van der Waals surface area contributed by atoms with Gasteiger partial charge in [0.1, 0.15) is 0 Å². The molecule has 70 valence electrons. The minimum Gasteiger partial charge on any atom is -0.382 e. The molecule has 0 bridgehead atoms. The zero-order valence-electron chi connectivity index (χ0n) is 8.78. The maximum absolute atomic E-state index is 3.97. The van der Waals surface area contributed by atoms with E-state index in [2.05, 4.69) is 46.2 Å². The molecule has 0 aromatic heterocycles. The molecule has 0 saturated heterocycles. The Balaban J connectivity index is 4.03. The average molecular weight is 167 g/mol. The second-order valence-corrected chi connectivity index (χ2v) is 3.63. The van der Waals surface area contributed by atoms with Gasteiger partial charge in [0.2, 0.25) is 0 Å². The number of hydrogen-bond acceptors (Lipinski definition) is 1. The highest BCUT2D eigenvalue weighted by Gasteiger charge is 2.08. The van der Waals surface area contributed by atoms with Gasteiger partial charge in [-0.15, -0.1) is 0 Å². The quantitative estimate of drug-likeness (QED) is 0.620. The van der Waals surface area contributed by atoms with Crippen molar-refractivity contribution in [3.05, 3.63) is 24.4 Å². The fraction of sp³-hybridized carbons (Fsp3) is 0.636. The van der Waals surface area contributed by atoms with Crippen molar-refractivity contribution in [2.45, 2.75) is 40.2 Å². The monoisotopic (exact) mass is 167 g/mol. The lowest BCUT2D eigenvalue weighted by atomic mass is 10.1. The summed E-state index contributed by atoms with van der Waals surface area (Å²) in [5.74, 6) is 0.499. The molecule has 0 aromatic carbocycles. The van der Waals surface area contributed by atoms with Crippen molar-refractivity contribution in [2.75, 3.05) is 0 Å². The topological polar surface area (TPSA) is 12.0 Å². The van der Waals surface area contributed by atoms with Crippen molar-refractivity contribution < 1.29 is 0 Å². The Morgan fingerprint density at radius 1 is 1.33 bits per heavy atom. The van der Waals surface area contributed by atoms with Gasteiger partial charge in [-0.1, -0.05) is 39.5 Å². The summed E-state index contributed by atoms with van der Waals surface area (Å²) in [5, 5.41) is 3.37. The molecular formula is C11H21N. The Hall–Kier alpha value is -0.720. The van der Waals surface area contributed by atoms with Crippen molar-refractivity contribution in [2.24, 2.45) is 5.92 Å². The minimum absolute atomic E-state index is 0.389. The number of rotatable bonds is 5. The van der Waals surface area contributed by atoms with E-state index >= 15 is 0 Å². The van der Waals surface area contributed by atoms with Gasteiger partial charge in [-0.2, -0.15) is 0 Å². The van der Waals surface area contributed by atoms with Crippen LogP contribution in [0.5, 0.6) is 0 Å². The van der Waals surface area contributed by atoms with Crippen molar-refractivity contribution in [3.63, 3.8) is 0 Å².